The first-order valence-electron chi connectivity index (χ1n) is 6.24. The second-order valence-electron chi connectivity index (χ2n) is 4.58. The lowest BCUT2D eigenvalue weighted by Gasteiger charge is -2.18. The van der Waals surface area contributed by atoms with Crippen molar-refractivity contribution < 1.29 is 5.11 Å². The van der Waals surface area contributed by atoms with Gasteiger partial charge in [-0.15, -0.1) is 0 Å². The van der Waals surface area contributed by atoms with Crippen LogP contribution < -0.4 is 0 Å². The van der Waals surface area contributed by atoms with Crippen LogP contribution in [0, 0.1) is 5.92 Å². The molecule has 0 spiro atoms. The maximum Gasteiger partial charge on any atom is 0.0956 e. The molecule has 2 aliphatic rings. The highest BCUT2D eigenvalue weighted by Gasteiger charge is 2.60. The molecule has 1 aliphatic carbocycles. The van der Waals surface area contributed by atoms with Crippen molar-refractivity contribution in [3.8, 4) is 0 Å². The van der Waals surface area contributed by atoms with Gasteiger partial charge in [0.2, 0.25) is 0 Å². The molecule has 2 unspecified atom stereocenters. The molecule has 2 nitrogen and oxygen atoms in total. The van der Waals surface area contributed by atoms with E-state index in [1.807, 2.05) is 13.8 Å². The zero-order valence-electron chi connectivity index (χ0n) is 10.2. The number of hydrogen-bond donors (Lipinski definition) is 1. The predicted molar refractivity (Wildman–Crippen MR) is 73.0 cm³/mol. The molecule has 17 heavy (non-hydrogen) atoms. The zero-order chi connectivity index (χ0) is 11.6. The number of rotatable bonds is 2. The summed E-state index contributed by atoms with van der Waals surface area (Å²) < 4.78 is 0. The van der Waals surface area contributed by atoms with Crippen LogP contribution in [0.2, 0.25) is 0 Å². The van der Waals surface area contributed by atoms with Crippen molar-refractivity contribution in [2.45, 2.75) is 33.1 Å². The second kappa shape index (κ2) is 5.65. The standard InChI is InChI=1S/C12H15NO.C2H6.CH4/c14-9-13-7-11-6-12(11,8-13)10-4-2-1-3-5-10;1-2;/h1-5,11,14H,6-9H2;1-2H3;1H4. The monoisotopic (exact) mass is 235 g/mol. The largest absolute Gasteiger partial charge is 0.381 e. The number of likely N-dealkylation sites (tertiary alicyclic amines) is 1. The van der Waals surface area contributed by atoms with Crippen molar-refractivity contribution >= 4 is 0 Å². The fourth-order valence-corrected chi connectivity index (χ4v) is 2.91. The molecule has 0 aromatic heterocycles. The molecule has 0 amide bonds. The Morgan fingerprint density at radius 2 is 1.94 bits per heavy atom. The molecule has 1 aromatic carbocycles. The van der Waals surface area contributed by atoms with E-state index in [1.54, 1.807) is 0 Å². The van der Waals surface area contributed by atoms with Gasteiger partial charge in [-0.25, -0.2) is 0 Å². The van der Waals surface area contributed by atoms with E-state index in [9.17, 15) is 0 Å². The number of aliphatic hydroxyl groups is 1. The maximum absolute atomic E-state index is 9.09. The Morgan fingerprint density at radius 3 is 2.47 bits per heavy atom. The third-order valence-corrected chi connectivity index (χ3v) is 3.77. The molecule has 0 bridgehead atoms. The second-order valence-corrected chi connectivity index (χ2v) is 4.58. The quantitative estimate of drug-likeness (QED) is 0.852. The lowest BCUT2D eigenvalue weighted by atomic mass is 9.95. The summed E-state index contributed by atoms with van der Waals surface area (Å²) in [6.07, 6.45) is 1.31. The van der Waals surface area contributed by atoms with Gasteiger partial charge in [-0.1, -0.05) is 51.6 Å². The molecule has 2 fully saturated rings. The molecular formula is C15H25NO. The van der Waals surface area contributed by atoms with E-state index < -0.39 is 0 Å². The molecule has 1 aliphatic heterocycles. The molecule has 1 N–H and O–H groups in total. The Kier molecular flexibility index (Phi) is 4.72. The minimum atomic E-state index is 0. The van der Waals surface area contributed by atoms with Crippen LogP contribution in [0.3, 0.4) is 0 Å². The first-order chi connectivity index (χ1) is 7.85. The van der Waals surface area contributed by atoms with Crippen molar-refractivity contribution in [3.63, 3.8) is 0 Å². The van der Waals surface area contributed by atoms with Gasteiger partial charge in [-0.2, -0.15) is 0 Å². The van der Waals surface area contributed by atoms with Crippen molar-refractivity contribution in [1.82, 2.24) is 4.90 Å². The van der Waals surface area contributed by atoms with Gasteiger partial charge in [0.15, 0.2) is 0 Å². The maximum atomic E-state index is 9.09. The summed E-state index contributed by atoms with van der Waals surface area (Å²) in [5.41, 5.74) is 1.85. The summed E-state index contributed by atoms with van der Waals surface area (Å²) in [6, 6.07) is 10.7. The number of fused-ring (bicyclic) bond motifs is 1. The fraction of sp³-hybridized carbons (Fsp3) is 0.600. The molecule has 1 saturated heterocycles. The highest BCUT2D eigenvalue weighted by atomic mass is 16.3. The van der Waals surface area contributed by atoms with Crippen LogP contribution in [0.15, 0.2) is 30.3 Å². The third-order valence-electron chi connectivity index (χ3n) is 3.77. The SMILES string of the molecule is C.CC.OCN1CC2CC2(c2ccccc2)C1. The van der Waals surface area contributed by atoms with E-state index >= 15 is 0 Å². The van der Waals surface area contributed by atoms with Crippen LogP contribution in [-0.2, 0) is 5.41 Å². The van der Waals surface area contributed by atoms with Crippen LogP contribution in [0.5, 0.6) is 0 Å². The van der Waals surface area contributed by atoms with Crippen molar-refractivity contribution in [2.75, 3.05) is 19.8 Å². The van der Waals surface area contributed by atoms with Gasteiger partial charge in [0, 0.05) is 18.5 Å². The van der Waals surface area contributed by atoms with Crippen LogP contribution in [-0.4, -0.2) is 29.8 Å². The van der Waals surface area contributed by atoms with Gasteiger partial charge in [0.25, 0.3) is 0 Å². The Labute approximate surface area is 105 Å². The molecule has 2 heteroatoms. The van der Waals surface area contributed by atoms with Gasteiger partial charge >= 0.3 is 0 Å². The number of benzene rings is 1. The number of aliphatic hydroxyl groups excluding tert-OH is 1. The molecule has 96 valence electrons. The van der Waals surface area contributed by atoms with Gasteiger partial charge in [-0.3, -0.25) is 4.90 Å². The van der Waals surface area contributed by atoms with Crippen molar-refractivity contribution in [3.05, 3.63) is 35.9 Å². The first kappa shape index (κ1) is 14.2. The van der Waals surface area contributed by atoms with Crippen molar-refractivity contribution in [1.29, 1.82) is 0 Å². The minimum Gasteiger partial charge on any atom is -0.381 e. The molecule has 1 saturated carbocycles. The molecule has 2 atom stereocenters. The molecule has 1 heterocycles. The van der Waals surface area contributed by atoms with E-state index in [4.69, 9.17) is 5.11 Å². The zero-order valence-corrected chi connectivity index (χ0v) is 10.2. The molecular weight excluding hydrogens is 210 g/mol. The van der Waals surface area contributed by atoms with Crippen LogP contribution in [0.4, 0.5) is 0 Å². The van der Waals surface area contributed by atoms with E-state index in [1.165, 1.54) is 12.0 Å². The van der Waals surface area contributed by atoms with E-state index in [0.29, 0.717) is 5.41 Å². The minimum absolute atomic E-state index is 0. The fourth-order valence-electron chi connectivity index (χ4n) is 2.91. The van der Waals surface area contributed by atoms with Crippen LogP contribution in [0.1, 0.15) is 33.3 Å². The normalized spacial score (nSPS) is 29.7. The smallest absolute Gasteiger partial charge is 0.0956 e. The Hall–Kier alpha value is -0.860. The molecule has 1 aromatic rings. The van der Waals surface area contributed by atoms with Gasteiger partial charge in [0.05, 0.1) is 6.73 Å². The lowest BCUT2D eigenvalue weighted by Crippen LogP contribution is -2.27. The topological polar surface area (TPSA) is 23.5 Å². The lowest BCUT2D eigenvalue weighted by molar-refractivity contribution is 0.118. The Morgan fingerprint density at radius 1 is 1.29 bits per heavy atom. The summed E-state index contributed by atoms with van der Waals surface area (Å²) >= 11 is 0. The summed E-state index contributed by atoms with van der Waals surface area (Å²) in [7, 11) is 0. The van der Waals surface area contributed by atoms with E-state index in [2.05, 4.69) is 35.2 Å². The van der Waals surface area contributed by atoms with E-state index in [0.717, 1.165) is 19.0 Å². The number of hydrogen-bond acceptors (Lipinski definition) is 2. The Bertz CT molecular complexity index is 338. The van der Waals surface area contributed by atoms with Gasteiger partial charge in [-0.05, 0) is 17.9 Å². The van der Waals surface area contributed by atoms with E-state index in [-0.39, 0.29) is 14.2 Å². The van der Waals surface area contributed by atoms with Gasteiger partial charge in [0.1, 0.15) is 0 Å². The van der Waals surface area contributed by atoms with Gasteiger partial charge < -0.3 is 5.11 Å². The van der Waals surface area contributed by atoms with Crippen molar-refractivity contribution in [2.24, 2.45) is 5.92 Å². The first-order valence-corrected chi connectivity index (χ1v) is 6.24. The number of piperidine rings is 1. The summed E-state index contributed by atoms with van der Waals surface area (Å²) in [5, 5.41) is 9.09. The highest BCUT2D eigenvalue weighted by molar-refractivity contribution is 5.36. The summed E-state index contributed by atoms with van der Waals surface area (Å²) in [6.45, 7) is 6.33. The Balaban J connectivity index is 0.000000459. The summed E-state index contributed by atoms with van der Waals surface area (Å²) in [4.78, 5) is 2.14. The average Bonchev–Trinajstić information content (AvgIpc) is 2.96. The third kappa shape index (κ3) is 2.38. The predicted octanol–water partition coefficient (Wildman–Crippen LogP) is 2.87. The molecule has 3 rings (SSSR count). The summed E-state index contributed by atoms with van der Waals surface area (Å²) in [5.74, 6) is 0.789. The molecule has 0 radical (unpaired) electrons. The van der Waals surface area contributed by atoms with Crippen LogP contribution in [0.25, 0.3) is 0 Å². The average molecular weight is 235 g/mol. The van der Waals surface area contributed by atoms with Crippen LogP contribution >= 0.6 is 0 Å². The highest BCUT2D eigenvalue weighted by Crippen LogP contribution is 2.58. The number of nitrogens with zero attached hydrogens (tertiary/aromatic N) is 1.